The number of aliphatic hydroxyl groups excluding tert-OH is 1. The van der Waals surface area contributed by atoms with Gasteiger partial charge >= 0.3 is 5.97 Å². The Morgan fingerprint density at radius 3 is 2.67 bits per heavy atom. The summed E-state index contributed by atoms with van der Waals surface area (Å²) in [7, 11) is 0. The molecule has 0 aromatic carbocycles. The third kappa shape index (κ3) is 3.20. The maximum atomic E-state index is 11.6. The maximum absolute atomic E-state index is 11.6. The van der Waals surface area contributed by atoms with Crippen LogP contribution in [0.3, 0.4) is 0 Å². The molecule has 2 atom stereocenters. The Bertz CT molecular complexity index is 252. The number of hydrogen-bond acceptors (Lipinski definition) is 3. The molecule has 86 valence electrons. The Labute approximate surface area is 88.7 Å². The van der Waals surface area contributed by atoms with Crippen molar-refractivity contribution in [2.75, 3.05) is 6.54 Å². The van der Waals surface area contributed by atoms with Gasteiger partial charge < -0.3 is 15.1 Å². The predicted molar refractivity (Wildman–Crippen MR) is 53.3 cm³/mol. The Kier molecular flexibility index (Phi) is 4.08. The lowest BCUT2D eigenvalue weighted by Gasteiger charge is -2.26. The van der Waals surface area contributed by atoms with Gasteiger partial charge in [-0.3, -0.25) is 9.59 Å². The van der Waals surface area contributed by atoms with Gasteiger partial charge in [0.2, 0.25) is 5.91 Å². The van der Waals surface area contributed by atoms with E-state index in [-0.39, 0.29) is 24.8 Å². The Morgan fingerprint density at radius 1 is 1.47 bits per heavy atom. The van der Waals surface area contributed by atoms with Gasteiger partial charge in [0.25, 0.3) is 0 Å². The minimum absolute atomic E-state index is 0.0263. The average molecular weight is 215 g/mol. The maximum Gasteiger partial charge on any atom is 0.303 e. The molecule has 1 saturated heterocycles. The lowest BCUT2D eigenvalue weighted by Crippen LogP contribution is -2.41. The molecular weight excluding hydrogens is 198 g/mol. The number of hydrogen-bond donors (Lipinski definition) is 2. The standard InChI is InChI=1S/C10H17NO4/c1-7(12)8-3-2-6-11(8)9(13)4-5-10(14)15/h7-8,12H,2-6H2,1H3,(H,14,15). The Morgan fingerprint density at radius 2 is 2.13 bits per heavy atom. The van der Waals surface area contributed by atoms with Gasteiger partial charge in [-0.2, -0.15) is 0 Å². The van der Waals surface area contributed by atoms with Crippen molar-refractivity contribution < 1.29 is 19.8 Å². The van der Waals surface area contributed by atoms with Crippen LogP contribution in [0.1, 0.15) is 32.6 Å². The number of carbonyl (C=O) groups excluding carboxylic acids is 1. The van der Waals surface area contributed by atoms with Gasteiger partial charge in [-0.1, -0.05) is 0 Å². The van der Waals surface area contributed by atoms with Crippen LogP contribution in [0.25, 0.3) is 0 Å². The Hall–Kier alpha value is -1.10. The van der Waals surface area contributed by atoms with Crippen LogP contribution in [0.4, 0.5) is 0 Å². The van der Waals surface area contributed by atoms with E-state index in [0.717, 1.165) is 12.8 Å². The van der Waals surface area contributed by atoms with Crippen molar-refractivity contribution >= 4 is 11.9 Å². The first-order valence-corrected chi connectivity index (χ1v) is 5.21. The van der Waals surface area contributed by atoms with Crippen LogP contribution in [0.2, 0.25) is 0 Å². The van der Waals surface area contributed by atoms with Crippen molar-refractivity contribution in [3.63, 3.8) is 0 Å². The topological polar surface area (TPSA) is 77.8 Å². The Balaban J connectivity index is 2.47. The summed E-state index contributed by atoms with van der Waals surface area (Å²) in [6.07, 6.45) is 1.03. The molecular formula is C10H17NO4. The van der Waals surface area contributed by atoms with Gasteiger partial charge in [-0.25, -0.2) is 0 Å². The summed E-state index contributed by atoms with van der Waals surface area (Å²) in [4.78, 5) is 23.5. The first-order chi connectivity index (χ1) is 7.02. The average Bonchev–Trinajstić information content (AvgIpc) is 2.62. The molecule has 0 saturated carbocycles. The normalized spacial score (nSPS) is 22.8. The molecule has 0 aromatic rings. The van der Waals surface area contributed by atoms with Crippen LogP contribution >= 0.6 is 0 Å². The predicted octanol–water partition coefficient (Wildman–Crippen LogP) is 0.223. The van der Waals surface area contributed by atoms with Crippen LogP contribution in [-0.4, -0.2) is 45.7 Å². The van der Waals surface area contributed by atoms with Crippen molar-refractivity contribution in [3.8, 4) is 0 Å². The van der Waals surface area contributed by atoms with E-state index in [2.05, 4.69) is 0 Å². The molecule has 0 spiro atoms. The number of aliphatic hydroxyl groups is 1. The summed E-state index contributed by atoms with van der Waals surface area (Å²) in [5.74, 6) is -1.13. The highest BCUT2D eigenvalue weighted by Gasteiger charge is 2.31. The first kappa shape index (κ1) is 12.0. The summed E-state index contributed by atoms with van der Waals surface area (Å²) >= 11 is 0. The second-order valence-corrected chi connectivity index (χ2v) is 3.93. The van der Waals surface area contributed by atoms with Gasteiger partial charge in [-0.15, -0.1) is 0 Å². The van der Waals surface area contributed by atoms with Gasteiger partial charge in [0.1, 0.15) is 0 Å². The molecule has 1 amide bonds. The van der Waals surface area contributed by atoms with Gasteiger partial charge in [0.05, 0.1) is 18.6 Å². The smallest absolute Gasteiger partial charge is 0.303 e. The van der Waals surface area contributed by atoms with Crippen LogP contribution in [0.5, 0.6) is 0 Å². The summed E-state index contributed by atoms with van der Waals surface area (Å²) in [6.45, 7) is 2.29. The molecule has 0 bridgehead atoms. The molecule has 0 radical (unpaired) electrons. The fraction of sp³-hybridized carbons (Fsp3) is 0.800. The molecule has 15 heavy (non-hydrogen) atoms. The molecule has 5 nitrogen and oxygen atoms in total. The third-order valence-corrected chi connectivity index (χ3v) is 2.73. The van der Waals surface area contributed by atoms with Gasteiger partial charge in [0, 0.05) is 13.0 Å². The fourth-order valence-electron chi connectivity index (χ4n) is 1.96. The summed E-state index contributed by atoms with van der Waals surface area (Å²) in [5, 5.41) is 17.9. The highest BCUT2D eigenvalue weighted by molar-refractivity contribution is 5.81. The lowest BCUT2D eigenvalue weighted by molar-refractivity contribution is -0.141. The molecule has 0 aromatic heterocycles. The number of nitrogens with zero attached hydrogens (tertiary/aromatic N) is 1. The van der Waals surface area contributed by atoms with E-state index in [1.165, 1.54) is 0 Å². The van der Waals surface area contributed by atoms with Crippen LogP contribution in [0.15, 0.2) is 0 Å². The SMILES string of the molecule is CC(O)C1CCCN1C(=O)CCC(=O)O. The van der Waals surface area contributed by atoms with E-state index in [9.17, 15) is 14.7 Å². The molecule has 0 aliphatic carbocycles. The van der Waals surface area contributed by atoms with Gasteiger partial charge in [0.15, 0.2) is 0 Å². The van der Waals surface area contributed by atoms with E-state index in [1.807, 2.05) is 0 Å². The van der Waals surface area contributed by atoms with E-state index < -0.39 is 12.1 Å². The summed E-state index contributed by atoms with van der Waals surface area (Å²) < 4.78 is 0. The van der Waals surface area contributed by atoms with Crippen LogP contribution in [0, 0.1) is 0 Å². The minimum atomic E-state index is -0.962. The molecule has 1 aliphatic heterocycles. The van der Waals surface area contributed by atoms with E-state index >= 15 is 0 Å². The monoisotopic (exact) mass is 215 g/mol. The molecule has 1 heterocycles. The number of carboxylic acid groups (broad SMARTS) is 1. The second-order valence-electron chi connectivity index (χ2n) is 3.93. The highest BCUT2D eigenvalue weighted by atomic mass is 16.4. The van der Waals surface area contributed by atoms with Crippen molar-refractivity contribution in [2.24, 2.45) is 0 Å². The number of carboxylic acids is 1. The molecule has 1 aliphatic rings. The zero-order valence-corrected chi connectivity index (χ0v) is 8.85. The van der Waals surface area contributed by atoms with E-state index in [0.29, 0.717) is 6.54 Å². The minimum Gasteiger partial charge on any atom is -0.481 e. The third-order valence-electron chi connectivity index (χ3n) is 2.73. The van der Waals surface area contributed by atoms with Crippen molar-refractivity contribution in [1.29, 1.82) is 0 Å². The van der Waals surface area contributed by atoms with Crippen LogP contribution in [-0.2, 0) is 9.59 Å². The van der Waals surface area contributed by atoms with Crippen LogP contribution < -0.4 is 0 Å². The lowest BCUT2D eigenvalue weighted by atomic mass is 10.1. The number of amides is 1. The zero-order chi connectivity index (χ0) is 11.4. The van der Waals surface area contributed by atoms with Gasteiger partial charge in [-0.05, 0) is 19.8 Å². The van der Waals surface area contributed by atoms with Crippen molar-refractivity contribution in [1.82, 2.24) is 4.90 Å². The van der Waals surface area contributed by atoms with Crippen molar-refractivity contribution in [2.45, 2.75) is 44.8 Å². The number of aliphatic carboxylic acids is 1. The quantitative estimate of drug-likeness (QED) is 0.703. The van der Waals surface area contributed by atoms with E-state index in [1.54, 1.807) is 11.8 Å². The highest BCUT2D eigenvalue weighted by Crippen LogP contribution is 2.21. The number of rotatable bonds is 4. The first-order valence-electron chi connectivity index (χ1n) is 5.21. The zero-order valence-electron chi connectivity index (χ0n) is 8.85. The van der Waals surface area contributed by atoms with E-state index in [4.69, 9.17) is 5.11 Å². The number of likely N-dealkylation sites (tertiary alicyclic amines) is 1. The molecule has 1 rings (SSSR count). The number of carbonyl (C=O) groups is 2. The second kappa shape index (κ2) is 5.11. The molecule has 2 N–H and O–H groups in total. The molecule has 1 fully saturated rings. The van der Waals surface area contributed by atoms with Crippen molar-refractivity contribution in [3.05, 3.63) is 0 Å². The summed E-state index contributed by atoms with van der Waals surface area (Å²) in [5.41, 5.74) is 0. The largest absolute Gasteiger partial charge is 0.481 e. The molecule has 5 heteroatoms. The summed E-state index contributed by atoms with van der Waals surface area (Å²) in [6, 6.07) is -0.133. The molecule has 2 unspecified atom stereocenters. The fourth-order valence-corrected chi connectivity index (χ4v) is 1.96.